The molecular formula is C11H21FSi. The minimum Gasteiger partial charge on any atom is -0.312 e. The fourth-order valence-corrected chi connectivity index (χ4v) is 5.39. The van der Waals surface area contributed by atoms with E-state index in [4.69, 9.17) is 6.42 Å². The first-order valence-electron chi connectivity index (χ1n) is 4.68. The lowest BCUT2D eigenvalue weighted by molar-refractivity contribution is 0.518. The first-order valence-corrected chi connectivity index (χ1v) is 6.77. The van der Waals surface area contributed by atoms with E-state index in [1.807, 2.05) is 41.5 Å². The molecule has 0 N–H and O–H groups in total. The second-order valence-corrected chi connectivity index (χ2v) is 10.6. The maximum atomic E-state index is 14.8. The molecule has 0 radical (unpaired) electrons. The highest BCUT2D eigenvalue weighted by Crippen LogP contribution is 2.53. The zero-order valence-corrected chi connectivity index (χ0v) is 10.7. The van der Waals surface area contributed by atoms with Crippen molar-refractivity contribution < 1.29 is 4.11 Å². The molecule has 0 aromatic rings. The molecule has 0 spiro atoms. The van der Waals surface area contributed by atoms with E-state index in [1.165, 1.54) is 0 Å². The minimum atomic E-state index is -2.89. The molecule has 0 nitrogen and oxygen atoms in total. The smallest absolute Gasteiger partial charge is 0.269 e. The molecule has 0 saturated heterocycles. The maximum absolute atomic E-state index is 14.8. The Balaban J connectivity index is 5.11. The second-order valence-electron chi connectivity index (χ2n) is 5.68. The Bertz CT molecular complexity index is 198. The molecule has 0 atom stereocenters. The summed E-state index contributed by atoms with van der Waals surface area (Å²) in [5.74, 6) is 2.51. The third kappa shape index (κ3) is 2.34. The van der Waals surface area contributed by atoms with Crippen LogP contribution in [0, 0.1) is 12.3 Å². The maximum Gasteiger partial charge on any atom is 0.269 e. The van der Waals surface area contributed by atoms with Crippen molar-refractivity contribution in [2.24, 2.45) is 0 Å². The SMILES string of the molecule is C#CC[Si](F)(C(C)(C)C)C(C)(C)C. The molecule has 0 fully saturated rings. The van der Waals surface area contributed by atoms with E-state index < -0.39 is 8.41 Å². The average Bonchev–Trinajstić information content (AvgIpc) is 1.82. The predicted molar refractivity (Wildman–Crippen MR) is 59.9 cm³/mol. The Morgan fingerprint density at radius 3 is 1.46 bits per heavy atom. The average molecular weight is 200 g/mol. The van der Waals surface area contributed by atoms with Gasteiger partial charge < -0.3 is 4.11 Å². The van der Waals surface area contributed by atoms with Crippen LogP contribution in [0.5, 0.6) is 0 Å². The van der Waals surface area contributed by atoms with Crippen molar-refractivity contribution in [3.05, 3.63) is 0 Å². The molecule has 0 aliphatic carbocycles. The Labute approximate surface area is 83.1 Å². The van der Waals surface area contributed by atoms with Crippen LogP contribution in [0.1, 0.15) is 41.5 Å². The second kappa shape index (κ2) is 3.46. The molecule has 0 aliphatic rings. The molecule has 0 aromatic heterocycles. The van der Waals surface area contributed by atoms with E-state index in [9.17, 15) is 4.11 Å². The highest BCUT2D eigenvalue weighted by molar-refractivity contribution is 6.79. The number of halogens is 1. The summed E-state index contributed by atoms with van der Waals surface area (Å²) < 4.78 is 14.8. The van der Waals surface area contributed by atoms with Crippen molar-refractivity contribution in [3.8, 4) is 12.3 Å². The van der Waals surface area contributed by atoms with Crippen LogP contribution >= 0.6 is 0 Å². The Morgan fingerprint density at radius 2 is 1.38 bits per heavy atom. The summed E-state index contributed by atoms with van der Waals surface area (Å²) in [6.07, 6.45) is 5.25. The van der Waals surface area contributed by atoms with Crippen LogP contribution in [-0.2, 0) is 0 Å². The number of hydrogen-bond acceptors (Lipinski definition) is 0. The highest BCUT2D eigenvalue weighted by Gasteiger charge is 2.54. The van der Waals surface area contributed by atoms with Gasteiger partial charge in [0.15, 0.2) is 0 Å². The Morgan fingerprint density at radius 1 is 1.08 bits per heavy atom. The van der Waals surface area contributed by atoms with Gasteiger partial charge in [0.25, 0.3) is 8.41 Å². The third-order valence-corrected chi connectivity index (χ3v) is 8.17. The van der Waals surface area contributed by atoms with Crippen LogP contribution in [0.3, 0.4) is 0 Å². The summed E-state index contributed by atoms with van der Waals surface area (Å²) >= 11 is 0. The van der Waals surface area contributed by atoms with Gasteiger partial charge in [-0.15, -0.1) is 12.3 Å². The van der Waals surface area contributed by atoms with Gasteiger partial charge in [-0.1, -0.05) is 41.5 Å². The van der Waals surface area contributed by atoms with Crippen molar-refractivity contribution in [2.75, 3.05) is 0 Å². The number of rotatable bonds is 1. The lowest BCUT2D eigenvalue weighted by Crippen LogP contribution is -2.47. The van der Waals surface area contributed by atoms with E-state index in [0.717, 1.165) is 0 Å². The highest BCUT2D eigenvalue weighted by atomic mass is 28.4. The summed E-state index contributed by atoms with van der Waals surface area (Å²) in [6.45, 7) is 11.8. The van der Waals surface area contributed by atoms with Crippen LogP contribution in [-0.4, -0.2) is 8.41 Å². The van der Waals surface area contributed by atoms with E-state index in [1.54, 1.807) is 0 Å². The monoisotopic (exact) mass is 200 g/mol. The zero-order chi connectivity index (χ0) is 10.9. The summed E-state index contributed by atoms with van der Waals surface area (Å²) in [6, 6.07) is 0.319. The minimum absolute atomic E-state index is 0.280. The van der Waals surface area contributed by atoms with Gasteiger partial charge in [0, 0.05) is 6.04 Å². The standard InChI is InChI=1S/C11H21FSi/c1-8-9-13(12,10(2,3)4)11(5,6)7/h1H,9H2,2-7H3. The molecule has 76 valence electrons. The van der Waals surface area contributed by atoms with E-state index in [2.05, 4.69) is 5.92 Å². The molecule has 0 amide bonds. The van der Waals surface area contributed by atoms with Gasteiger partial charge >= 0.3 is 0 Å². The molecule has 13 heavy (non-hydrogen) atoms. The van der Waals surface area contributed by atoms with E-state index in [0.29, 0.717) is 6.04 Å². The van der Waals surface area contributed by atoms with Gasteiger partial charge in [-0.25, -0.2) is 0 Å². The third-order valence-electron chi connectivity index (χ3n) is 2.72. The van der Waals surface area contributed by atoms with Crippen molar-refractivity contribution in [1.82, 2.24) is 0 Å². The molecule has 0 saturated carbocycles. The molecule has 0 aliphatic heterocycles. The summed E-state index contributed by atoms with van der Waals surface area (Å²) in [7, 11) is -2.89. The van der Waals surface area contributed by atoms with Crippen LogP contribution in [0.4, 0.5) is 4.11 Å². The van der Waals surface area contributed by atoms with Gasteiger partial charge in [0.1, 0.15) is 0 Å². The fourth-order valence-electron chi connectivity index (χ4n) is 1.80. The van der Waals surface area contributed by atoms with Crippen molar-refractivity contribution >= 4 is 8.41 Å². The topological polar surface area (TPSA) is 0 Å². The number of hydrogen-bond donors (Lipinski definition) is 0. The van der Waals surface area contributed by atoms with E-state index in [-0.39, 0.29) is 10.1 Å². The lowest BCUT2D eigenvalue weighted by Gasteiger charge is -2.43. The van der Waals surface area contributed by atoms with Crippen molar-refractivity contribution in [1.29, 1.82) is 0 Å². The molecule has 2 heteroatoms. The fraction of sp³-hybridized carbons (Fsp3) is 0.818. The zero-order valence-electron chi connectivity index (χ0n) is 9.66. The molecule has 0 bridgehead atoms. The first-order chi connectivity index (χ1) is 5.56. The largest absolute Gasteiger partial charge is 0.312 e. The Hall–Kier alpha value is -0.293. The van der Waals surface area contributed by atoms with Gasteiger partial charge in [-0.2, -0.15) is 0 Å². The molecule has 0 unspecified atom stereocenters. The van der Waals surface area contributed by atoms with Crippen LogP contribution in [0.2, 0.25) is 16.1 Å². The quantitative estimate of drug-likeness (QED) is 0.339. The van der Waals surface area contributed by atoms with Crippen molar-refractivity contribution in [3.63, 3.8) is 0 Å². The van der Waals surface area contributed by atoms with Gasteiger partial charge in [-0.05, 0) is 10.1 Å². The van der Waals surface area contributed by atoms with Crippen LogP contribution in [0.15, 0.2) is 0 Å². The van der Waals surface area contributed by atoms with E-state index >= 15 is 0 Å². The Kier molecular flexibility index (Phi) is 3.38. The predicted octanol–water partition coefficient (Wildman–Crippen LogP) is 4.13. The summed E-state index contributed by atoms with van der Waals surface area (Å²) in [4.78, 5) is 0. The normalized spacial score (nSPS) is 14.0. The van der Waals surface area contributed by atoms with Gasteiger partial charge in [-0.3, -0.25) is 0 Å². The first kappa shape index (κ1) is 12.7. The van der Waals surface area contributed by atoms with Crippen molar-refractivity contribution in [2.45, 2.75) is 57.7 Å². The van der Waals surface area contributed by atoms with Crippen LogP contribution < -0.4 is 0 Å². The van der Waals surface area contributed by atoms with Crippen LogP contribution in [0.25, 0.3) is 0 Å². The molecule has 0 heterocycles. The van der Waals surface area contributed by atoms with Gasteiger partial charge in [0.2, 0.25) is 0 Å². The lowest BCUT2D eigenvalue weighted by atomic mass is 10.2. The molecule has 0 aromatic carbocycles. The van der Waals surface area contributed by atoms with Gasteiger partial charge in [0.05, 0.1) is 0 Å². The summed E-state index contributed by atoms with van der Waals surface area (Å²) in [5.41, 5.74) is 0. The molecule has 0 rings (SSSR count). The summed E-state index contributed by atoms with van der Waals surface area (Å²) in [5, 5.41) is -0.560. The number of terminal acetylenes is 1. The molecular weight excluding hydrogens is 179 g/mol.